The third-order valence-electron chi connectivity index (χ3n) is 2.82. The fraction of sp³-hybridized carbons (Fsp3) is 0.800. The molecule has 0 aromatic rings. The van der Waals surface area contributed by atoms with E-state index < -0.39 is 0 Å². The second kappa shape index (κ2) is 5.42. The fourth-order valence-corrected chi connectivity index (χ4v) is 1.63. The van der Waals surface area contributed by atoms with Crippen molar-refractivity contribution in [2.75, 3.05) is 33.2 Å². The third-order valence-corrected chi connectivity index (χ3v) is 3.22. The summed E-state index contributed by atoms with van der Waals surface area (Å²) >= 11 is 4.86. The van der Waals surface area contributed by atoms with E-state index in [2.05, 4.69) is 11.9 Å². The number of nitrogens with zero attached hydrogens (tertiary/aromatic N) is 2. The molecular weight excluding hydrogens is 210 g/mol. The highest BCUT2D eigenvalue weighted by molar-refractivity contribution is 7.80. The Hall–Kier alpha value is -0.680. The predicted octanol–water partition coefficient (Wildman–Crippen LogP) is 0.0727. The van der Waals surface area contributed by atoms with Crippen LogP contribution in [-0.2, 0) is 4.79 Å². The summed E-state index contributed by atoms with van der Waals surface area (Å²) in [4.78, 5) is 16.4. The molecule has 1 amide bonds. The Labute approximate surface area is 96.4 Å². The molecule has 1 rings (SSSR count). The van der Waals surface area contributed by atoms with Crippen LogP contribution in [0.2, 0.25) is 0 Å². The molecule has 0 aliphatic carbocycles. The van der Waals surface area contributed by atoms with Crippen molar-refractivity contribution in [3.63, 3.8) is 0 Å². The van der Waals surface area contributed by atoms with Gasteiger partial charge < -0.3 is 15.5 Å². The van der Waals surface area contributed by atoms with Crippen molar-refractivity contribution in [1.82, 2.24) is 9.80 Å². The van der Waals surface area contributed by atoms with Gasteiger partial charge in [-0.15, -0.1) is 0 Å². The second-order valence-electron chi connectivity index (χ2n) is 4.19. The summed E-state index contributed by atoms with van der Waals surface area (Å²) in [7, 11) is 2.07. The maximum Gasteiger partial charge on any atom is 0.223 e. The Balaban J connectivity index is 2.37. The van der Waals surface area contributed by atoms with Gasteiger partial charge in [0.2, 0.25) is 5.91 Å². The van der Waals surface area contributed by atoms with E-state index in [9.17, 15) is 4.79 Å². The molecule has 4 nitrogen and oxygen atoms in total. The Bertz CT molecular complexity index is 249. The zero-order chi connectivity index (χ0) is 11.4. The van der Waals surface area contributed by atoms with E-state index in [0.717, 1.165) is 26.2 Å². The first kappa shape index (κ1) is 12.4. The maximum absolute atomic E-state index is 11.8. The average Bonchev–Trinajstić information content (AvgIpc) is 2.18. The summed E-state index contributed by atoms with van der Waals surface area (Å²) in [5.74, 6) is 0.176. The highest BCUT2D eigenvalue weighted by Gasteiger charge is 2.21. The normalized spacial score (nSPS) is 20.0. The van der Waals surface area contributed by atoms with Crippen LogP contribution in [0.1, 0.15) is 13.3 Å². The van der Waals surface area contributed by atoms with Gasteiger partial charge in [-0.3, -0.25) is 4.79 Å². The summed E-state index contributed by atoms with van der Waals surface area (Å²) in [6, 6.07) is 0. The number of likely N-dealkylation sites (N-methyl/N-ethyl adjacent to an activating group) is 1. The number of carbonyl (C=O) groups excluding carboxylic acids is 1. The van der Waals surface area contributed by atoms with E-state index in [1.54, 1.807) is 0 Å². The van der Waals surface area contributed by atoms with Crippen LogP contribution in [-0.4, -0.2) is 53.9 Å². The Morgan fingerprint density at radius 1 is 1.40 bits per heavy atom. The number of piperazine rings is 1. The van der Waals surface area contributed by atoms with Crippen LogP contribution in [0.15, 0.2) is 0 Å². The van der Waals surface area contributed by atoms with Gasteiger partial charge in [0, 0.05) is 38.5 Å². The molecule has 1 atom stereocenters. The van der Waals surface area contributed by atoms with E-state index in [1.807, 2.05) is 11.8 Å². The van der Waals surface area contributed by atoms with E-state index in [1.165, 1.54) is 0 Å². The molecule has 0 aromatic carbocycles. The zero-order valence-corrected chi connectivity index (χ0v) is 10.2. The van der Waals surface area contributed by atoms with Crippen LogP contribution in [0.4, 0.5) is 0 Å². The SMILES string of the molecule is CC(CC(=O)N1CCN(C)CC1)C(N)=S. The summed E-state index contributed by atoms with van der Waals surface area (Å²) in [5, 5.41) is 0. The summed E-state index contributed by atoms with van der Waals surface area (Å²) < 4.78 is 0. The standard InChI is InChI=1S/C10H19N3OS/c1-8(10(11)15)7-9(14)13-5-3-12(2)4-6-13/h8H,3-7H2,1-2H3,(H2,11,15). The van der Waals surface area contributed by atoms with Crippen LogP contribution in [0.3, 0.4) is 0 Å². The van der Waals surface area contributed by atoms with Gasteiger partial charge in [0.25, 0.3) is 0 Å². The van der Waals surface area contributed by atoms with E-state index in [4.69, 9.17) is 18.0 Å². The maximum atomic E-state index is 11.8. The highest BCUT2D eigenvalue weighted by atomic mass is 32.1. The Morgan fingerprint density at radius 3 is 2.40 bits per heavy atom. The second-order valence-corrected chi connectivity index (χ2v) is 4.66. The van der Waals surface area contributed by atoms with Gasteiger partial charge in [-0.2, -0.15) is 0 Å². The van der Waals surface area contributed by atoms with E-state index >= 15 is 0 Å². The first-order valence-electron chi connectivity index (χ1n) is 5.26. The van der Waals surface area contributed by atoms with Crippen molar-refractivity contribution < 1.29 is 4.79 Å². The summed E-state index contributed by atoms with van der Waals surface area (Å²) in [6.45, 7) is 5.44. The third kappa shape index (κ3) is 3.76. The molecule has 1 aliphatic heterocycles. The lowest BCUT2D eigenvalue weighted by atomic mass is 10.1. The molecule has 0 aromatic heterocycles. The molecule has 1 fully saturated rings. The van der Waals surface area contributed by atoms with E-state index in [-0.39, 0.29) is 11.8 Å². The molecule has 1 saturated heterocycles. The number of hydrogen-bond acceptors (Lipinski definition) is 3. The van der Waals surface area contributed by atoms with Crippen molar-refractivity contribution in [3.8, 4) is 0 Å². The van der Waals surface area contributed by atoms with Crippen LogP contribution >= 0.6 is 12.2 Å². The van der Waals surface area contributed by atoms with Crippen LogP contribution in [0, 0.1) is 5.92 Å². The Kier molecular flexibility index (Phi) is 4.47. The molecule has 0 radical (unpaired) electrons. The van der Waals surface area contributed by atoms with Crippen LogP contribution < -0.4 is 5.73 Å². The van der Waals surface area contributed by atoms with Crippen molar-refractivity contribution in [2.24, 2.45) is 11.7 Å². The van der Waals surface area contributed by atoms with Crippen molar-refractivity contribution in [1.29, 1.82) is 0 Å². The molecule has 0 saturated carbocycles. The van der Waals surface area contributed by atoms with Gasteiger partial charge in [0.15, 0.2) is 0 Å². The minimum absolute atomic E-state index is 0.00663. The van der Waals surface area contributed by atoms with Gasteiger partial charge in [0.1, 0.15) is 0 Å². The molecule has 86 valence electrons. The smallest absolute Gasteiger partial charge is 0.223 e. The lowest BCUT2D eigenvalue weighted by Crippen LogP contribution is -2.47. The number of carbonyl (C=O) groups is 1. The topological polar surface area (TPSA) is 49.6 Å². The first-order valence-corrected chi connectivity index (χ1v) is 5.67. The Morgan fingerprint density at radius 2 is 1.93 bits per heavy atom. The number of rotatable bonds is 3. The molecule has 1 heterocycles. The van der Waals surface area contributed by atoms with Crippen molar-refractivity contribution in [3.05, 3.63) is 0 Å². The number of amides is 1. The van der Waals surface area contributed by atoms with Gasteiger partial charge in [-0.25, -0.2) is 0 Å². The van der Waals surface area contributed by atoms with Gasteiger partial charge >= 0.3 is 0 Å². The minimum atomic E-state index is 0.00663. The molecule has 0 bridgehead atoms. The van der Waals surface area contributed by atoms with Crippen LogP contribution in [0.25, 0.3) is 0 Å². The molecule has 15 heavy (non-hydrogen) atoms. The van der Waals surface area contributed by atoms with Crippen LogP contribution in [0.5, 0.6) is 0 Å². The molecule has 1 aliphatic rings. The zero-order valence-electron chi connectivity index (χ0n) is 9.40. The first-order chi connectivity index (χ1) is 7.00. The quantitative estimate of drug-likeness (QED) is 0.696. The lowest BCUT2D eigenvalue weighted by Gasteiger charge is -2.33. The lowest BCUT2D eigenvalue weighted by molar-refractivity contribution is -0.133. The molecule has 5 heteroatoms. The monoisotopic (exact) mass is 229 g/mol. The van der Waals surface area contributed by atoms with Gasteiger partial charge in [-0.1, -0.05) is 19.1 Å². The summed E-state index contributed by atoms with van der Waals surface area (Å²) in [5.41, 5.74) is 5.49. The average molecular weight is 229 g/mol. The van der Waals surface area contributed by atoms with Crippen molar-refractivity contribution in [2.45, 2.75) is 13.3 Å². The van der Waals surface area contributed by atoms with Gasteiger partial charge in [0.05, 0.1) is 4.99 Å². The molecule has 0 spiro atoms. The van der Waals surface area contributed by atoms with Crippen molar-refractivity contribution >= 4 is 23.1 Å². The number of thiocarbonyl (C=S) groups is 1. The highest BCUT2D eigenvalue weighted by Crippen LogP contribution is 2.08. The molecule has 2 N–H and O–H groups in total. The van der Waals surface area contributed by atoms with E-state index in [0.29, 0.717) is 11.4 Å². The van der Waals surface area contributed by atoms with Gasteiger partial charge in [-0.05, 0) is 7.05 Å². The fourth-order valence-electron chi connectivity index (χ4n) is 1.55. The largest absolute Gasteiger partial charge is 0.393 e. The molecular formula is C10H19N3OS. The minimum Gasteiger partial charge on any atom is -0.393 e. The predicted molar refractivity (Wildman–Crippen MR) is 64.6 cm³/mol. The summed E-state index contributed by atoms with van der Waals surface area (Å²) in [6.07, 6.45) is 0.443. The molecule has 1 unspecified atom stereocenters. The number of hydrogen-bond donors (Lipinski definition) is 1. The number of nitrogens with two attached hydrogens (primary N) is 1.